The molecule has 0 atom stereocenters. The van der Waals surface area contributed by atoms with Crippen molar-refractivity contribution in [2.75, 3.05) is 25.4 Å². The van der Waals surface area contributed by atoms with Crippen molar-refractivity contribution < 1.29 is 9.53 Å². The van der Waals surface area contributed by atoms with E-state index in [2.05, 4.69) is 0 Å². The Labute approximate surface area is 126 Å². The SMILES string of the molecule is Nc1ccccc1OCC(=O)N1CCC2(CCCC2)CC1. The number of benzene rings is 1. The normalized spacial score (nSPS) is 20.7. The Kier molecular flexibility index (Phi) is 4.04. The Morgan fingerprint density at radius 1 is 1.14 bits per heavy atom. The molecule has 1 saturated carbocycles. The predicted octanol–water partition coefficient (Wildman–Crippen LogP) is 2.83. The molecule has 2 N–H and O–H groups in total. The van der Waals surface area contributed by atoms with Crippen LogP contribution in [0.4, 0.5) is 5.69 Å². The number of likely N-dealkylation sites (tertiary alicyclic amines) is 1. The minimum atomic E-state index is 0.0751. The lowest BCUT2D eigenvalue weighted by Gasteiger charge is -2.39. The van der Waals surface area contributed by atoms with Crippen molar-refractivity contribution in [1.29, 1.82) is 0 Å². The molecule has 4 nitrogen and oxygen atoms in total. The van der Waals surface area contributed by atoms with Crippen molar-refractivity contribution in [2.24, 2.45) is 5.41 Å². The van der Waals surface area contributed by atoms with E-state index in [0.717, 1.165) is 25.9 Å². The molecule has 1 spiro atoms. The lowest BCUT2D eigenvalue weighted by molar-refractivity contribution is -0.135. The highest BCUT2D eigenvalue weighted by molar-refractivity contribution is 5.78. The Bertz CT molecular complexity index is 499. The van der Waals surface area contributed by atoms with E-state index in [9.17, 15) is 4.79 Å². The van der Waals surface area contributed by atoms with E-state index in [1.807, 2.05) is 17.0 Å². The minimum absolute atomic E-state index is 0.0751. The average molecular weight is 288 g/mol. The molecule has 1 amide bonds. The van der Waals surface area contributed by atoms with Crippen molar-refractivity contribution in [3.63, 3.8) is 0 Å². The van der Waals surface area contributed by atoms with Crippen LogP contribution in [0.1, 0.15) is 38.5 Å². The van der Waals surface area contributed by atoms with Gasteiger partial charge in [-0.2, -0.15) is 0 Å². The van der Waals surface area contributed by atoms with Gasteiger partial charge in [0.2, 0.25) is 0 Å². The van der Waals surface area contributed by atoms with Crippen LogP contribution in [0, 0.1) is 5.41 Å². The van der Waals surface area contributed by atoms with Crippen LogP contribution in [0.15, 0.2) is 24.3 Å². The second kappa shape index (κ2) is 5.96. The zero-order chi connectivity index (χ0) is 14.7. The Morgan fingerprint density at radius 3 is 2.48 bits per heavy atom. The number of nitrogens with two attached hydrogens (primary N) is 1. The number of piperidine rings is 1. The highest BCUT2D eigenvalue weighted by atomic mass is 16.5. The molecule has 1 aliphatic carbocycles. The summed E-state index contributed by atoms with van der Waals surface area (Å²) in [5.74, 6) is 0.668. The van der Waals surface area contributed by atoms with E-state index >= 15 is 0 Å². The van der Waals surface area contributed by atoms with Gasteiger partial charge in [-0.1, -0.05) is 25.0 Å². The van der Waals surface area contributed by atoms with Crippen LogP contribution in [0.5, 0.6) is 5.75 Å². The fourth-order valence-electron chi connectivity index (χ4n) is 3.70. The van der Waals surface area contributed by atoms with Gasteiger partial charge in [0, 0.05) is 13.1 Å². The van der Waals surface area contributed by atoms with Gasteiger partial charge in [-0.3, -0.25) is 4.79 Å². The quantitative estimate of drug-likeness (QED) is 0.870. The molecule has 0 bridgehead atoms. The zero-order valence-electron chi connectivity index (χ0n) is 12.5. The first-order valence-corrected chi connectivity index (χ1v) is 7.94. The van der Waals surface area contributed by atoms with Crippen molar-refractivity contribution in [3.05, 3.63) is 24.3 Å². The summed E-state index contributed by atoms with van der Waals surface area (Å²) >= 11 is 0. The molecule has 0 unspecified atom stereocenters. The molecular weight excluding hydrogens is 264 g/mol. The van der Waals surface area contributed by atoms with Gasteiger partial charge in [0.15, 0.2) is 6.61 Å². The molecule has 21 heavy (non-hydrogen) atoms. The number of para-hydroxylation sites is 2. The van der Waals surface area contributed by atoms with Gasteiger partial charge in [0.25, 0.3) is 5.91 Å². The molecule has 0 aromatic heterocycles. The Morgan fingerprint density at radius 2 is 1.81 bits per heavy atom. The van der Waals surface area contributed by atoms with E-state index in [1.165, 1.54) is 25.7 Å². The van der Waals surface area contributed by atoms with E-state index in [1.54, 1.807) is 12.1 Å². The van der Waals surface area contributed by atoms with Crippen LogP contribution in [0.25, 0.3) is 0 Å². The molecule has 1 aromatic carbocycles. The summed E-state index contributed by atoms with van der Waals surface area (Å²) in [6.45, 7) is 1.85. The standard InChI is InChI=1S/C17H24N2O2/c18-14-5-1-2-6-15(14)21-13-16(20)19-11-9-17(10-12-19)7-3-4-8-17/h1-2,5-6H,3-4,7-13,18H2. The van der Waals surface area contributed by atoms with Crippen LogP contribution in [0.3, 0.4) is 0 Å². The lowest BCUT2D eigenvalue weighted by atomic mass is 9.77. The molecule has 3 rings (SSSR count). The largest absolute Gasteiger partial charge is 0.482 e. The summed E-state index contributed by atoms with van der Waals surface area (Å²) in [5, 5.41) is 0. The maximum Gasteiger partial charge on any atom is 0.260 e. The van der Waals surface area contributed by atoms with Crippen LogP contribution in [-0.2, 0) is 4.79 Å². The number of carbonyl (C=O) groups is 1. The average Bonchev–Trinajstić information content (AvgIpc) is 2.95. The summed E-state index contributed by atoms with van der Waals surface area (Å²) in [4.78, 5) is 14.2. The molecule has 1 heterocycles. The molecule has 2 aliphatic rings. The van der Waals surface area contributed by atoms with Crippen molar-refractivity contribution in [3.8, 4) is 5.75 Å². The van der Waals surface area contributed by atoms with Gasteiger partial charge in [-0.05, 0) is 43.2 Å². The molecule has 114 valence electrons. The second-order valence-electron chi connectivity index (χ2n) is 6.41. The minimum Gasteiger partial charge on any atom is -0.482 e. The first-order valence-electron chi connectivity index (χ1n) is 7.94. The van der Waals surface area contributed by atoms with Gasteiger partial charge >= 0.3 is 0 Å². The first kappa shape index (κ1) is 14.2. The first-order chi connectivity index (χ1) is 10.2. The number of rotatable bonds is 3. The third-order valence-electron chi connectivity index (χ3n) is 5.11. The fourth-order valence-corrected chi connectivity index (χ4v) is 3.70. The Balaban J connectivity index is 1.49. The molecular formula is C17H24N2O2. The van der Waals surface area contributed by atoms with Gasteiger partial charge in [0.1, 0.15) is 5.75 Å². The number of hydrogen-bond donors (Lipinski definition) is 1. The van der Waals surface area contributed by atoms with Crippen molar-refractivity contribution in [1.82, 2.24) is 4.90 Å². The number of carbonyl (C=O) groups excluding carboxylic acids is 1. The molecule has 4 heteroatoms. The number of anilines is 1. The lowest BCUT2D eigenvalue weighted by Crippen LogP contribution is -2.44. The number of nitrogens with zero attached hydrogens (tertiary/aromatic N) is 1. The van der Waals surface area contributed by atoms with Gasteiger partial charge in [-0.25, -0.2) is 0 Å². The highest BCUT2D eigenvalue weighted by Crippen LogP contribution is 2.46. The van der Waals surface area contributed by atoms with Gasteiger partial charge < -0.3 is 15.4 Å². The third-order valence-corrected chi connectivity index (χ3v) is 5.11. The monoisotopic (exact) mass is 288 g/mol. The predicted molar refractivity (Wildman–Crippen MR) is 83.1 cm³/mol. The van der Waals surface area contributed by atoms with E-state index in [-0.39, 0.29) is 12.5 Å². The third kappa shape index (κ3) is 3.14. The molecule has 1 saturated heterocycles. The summed E-state index contributed by atoms with van der Waals surface area (Å²) in [7, 11) is 0. The summed E-state index contributed by atoms with van der Waals surface area (Å²) in [6.07, 6.45) is 7.76. The van der Waals surface area contributed by atoms with Crippen LogP contribution in [-0.4, -0.2) is 30.5 Å². The van der Waals surface area contributed by atoms with Gasteiger partial charge in [0.05, 0.1) is 5.69 Å². The topological polar surface area (TPSA) is 55.6 Å². The fraction of sp³-hybridized carbons (Fsp3) is 0.588. The van der Waals surface area contributed by atoms with Crippen LogP contribution in [0.2, 0.25) is 0 Å². The number of ether oxygens (including phenoxy) is 1. The number of hydrogen-bond acceptors (Lipinski definition) is 3. The second-order valence-corrected chi connectivity index (χ2v) is 6.41. The smallest absolute Gasteiger partial charge is 0.260 e. The van der Waals surface area contributed by atoms with Crippen molar-refractivity contribution in [2.45, 2.75) is 38.5 Å². The molecule has 2 fully saturated rings. The van der Waals surface area contributed by atoms with E-state index in [4.69, 9.17) is 10.5 Å². The maximum atomic E-state index is 12.2. The van der Waals surface area contributed by atoms with Crippen LogP contribution < -0.4 is 10.5 Å². The molecule has 0 radical (unpaired) electrons. The molecule has 1 aliphatic heterocycles. The van der Waals surface area contributed by atoms with E-state index < -0.39 is 0 Å². The van der Waals surface area contributed by atoms with Gasteiger partial charge in [-0.15, -0.1) is 0 Å². The van der Waals surface area contributed by atoms with Crippen molar-refractivity contribution >= 4 is 11.6 Å². The Hall–Kier alpha value is -1.71. The summed E-state index contributed by atoms with van der Waals surface area (Å²) in [5.41, 5.74) is 6.93. The van der Waals surface area contributed by atoms with E-state index in [0.29, 0.717) is 16.9 Å². The number of nitrogen functional groups attached to an aromatic ring is 1. The zero-order valence-corrected chi connectivity index (χ0v) is 12.5. The summed E-state index contributed by atoms with van der Waals surface area (Å²) < 4.78 is 5.55. The highest BCUT2D eigenvalue weighted by Gasteiger charge is 2.37. The van der Waals surface area contributed by atoms with Crippen LogP contribution >= 0.6 is 0 Å². The number of amides is 1. The maximum absolute atomic E-state index is 12.2. The summed E-state index contributed by atoms with van der Waals surface area (Å²) in [6, 6.07) is 7.30. The molecule has 1 aromatic rings.